The van der Waals surface area contributed by atoms with Crippen molar-refractivity contribution >= 4 is 6.29 Å². The molecule has 2 saturated carbocycles. The van der Waals surface area contributed by atoms with Crippen LogP contribution in [0, 0.1) is 22.7 Å². The molecule has 0 spiro atoms. The second-order valence-corrected chi connectivity index (χ2v) is 8.75. The van der Waals surface area contributed by atoms with Gasteiger partial charge in [-0.1, -0.05) is 39.3 Å². The highest BCUT2D eigenvalue weighted by atomic mass is 17.2. The van der Waals surface area contributed by atoms with Gasteiger partial charge in [-0.05, 0) is 54.1 Å². The van der Waals surface area contributed by atoms with Crippen LogP contribution in [0.4, 0.5) is 0 Å². The van der Waals surface area contributed by atoms with Crippen molar-refractivity contribution in [3.63, 3.8) is 0 Å². The molecule has 134 valence electrons. The van der Waals surface area contributed by atoms with Crippen LogP contribution in [-0.2, 0) is 14.6 Å². The third kappa shape index (κ3) is 3.00. The smallest absolute Gasteiger partial charge is 0.192 e. The SMILES string of the molecule is C=C1CC[C@@H]2C(C)(C)CCC[C@]2(C)[C@@H]1C1C=C(C=O)CC(O)OO1. The molecule has 0 aromatic rings. The van der Waals surface area contributed by atoms with Gasteiger partial charge in [0.15, 0.2) is 6.29 Å². The molecule has 1 aliphatic heterocycles. The molecule has 3 aliphatic rings. The summed E-state index contributed by atoms with van der Waals surface area (Å²) in [5, 5.41) is 9.78. The van der Waals surface area contributed by atoms with E-state index in [2.05, 4.69) is 27.4 Å². The molecule has 0 radical (unpaired) electrons. The minimum Gasteiger partial charge on any atom is -0.365 e. The van der Waals surface area contributed by atoms with E-state index in [0.717, 1.165) is 19.1 Å². The Balaban J connectivity index is 1.97. The molecule has 0 bridgehead atoms. The van der Waals surface area contributed by atoms with Crippen molar-refractivity contribution in [2.75, 3.05) is 0 Å². The van der Waals surface area contributed by atoms with E-state index in [9.17, 15) is 9.90 Å². The summed E-state index contributed by atoms with van der Waals surface area (Å²) >= 11 is 0. The summed E-state index contributed by atoms with van der Waals surface area (Å²) in [5.41, 5.74) is 2.09. The summed E-state index contributed by atoms with van der Waals surface area (Å²) in [4.78, 5) is 22.0. The van der Waals surface area contributed by atoms with E-state index in [4.69, 9.17) is 9.78 Å². The monoisotopic (exact) mass is 334 g/mol. The second-order valence-electron chi connectivity index (χ2n) is 8.75. The molecule has 2 fully saturated rings. The van der Waals surface area contributed by atoms with Gasteiger partial charge in [-0.15, -0.1) is 0 Å². The van der Waals surface area contributed by atoms with Crippen LogP contribution >= 0.6 is 0 Å². The summed E-state index contributed by atoms with van der Waals surface area (Å²) in [6, 6.07) is 0. The lowest BCUT2D eigenvalue weighted by Crippen LogP contribution is -2.52. The van der Waals surface area contributed by atoms with E-state index in [1.54, 1.807) is 0 Å². The highest BCUT2D eigenvalue weighted by Crippen LogP contribution is 2.62. The van der Waals surface area contributed by atoms with Crippen molar-refractivity contribution < 1.29 is 19.7 Å². The molecule has 0 aromatic carbocycles. The zero-order valence-corrected chi connectivity index (χ0v) is 15.1. The molecule has 2 unspecified atom stereocenters. The lowest BCUT2D eigenvalue weighted by atomic mass is 9.47. The average molecular weight is 334 g/mol. The topological polar surface area (TPSA) is 55.8 Å². The molecule has 1 heterocycles. The molecular weight excluding hydrogens is 304 g/mol. The van der Waals surface area contributed by atoms with Gasteiger partial charge in [0.2, 0.25) is 0 Å². The fourth-order valence-electron chi connectivity index (χ4n) is 5.73. The van der Waals surface area contributed by atoms with Gasteiger partial charge in [0.05, 0.1) is 0 Å². The van der Waals surface area contributed by atoms with Gasteiger partial charge in [-0.25, -0.2) is 9.78 Å². The van der Waals surface area contributed by atoms with Gasteiger partial charge in [0, 0.05) is 12.3 Å². The number of hydrogen-bond acceptors (Lipinski definition) is 4. The Hall–Kier alpha value is -0.970. The molecule has 4 heteroatoms. The maximum absolute atomic E-state index is 11.3. The lowest BCUT2D eigenvalue weighted by molar-refractivity contribution is -0.389. The molecule has 1 N–H and O–H groups in total. The number of fused-ring (bicyclic) bond motifs is 1. The van der Waals surface area contributed by atoms with Gasteiger partial charge in [-0.3, -0.25) is 4.79 Å². The van der Waals surface area contributed by atoms with Crippen LogP contribution in [0.3, 0.4) is 0 Å². The zero-order chi connectivity index (χ0) is 17.5. The summed E-state index contributed by atoms with van der Waals surface area (Å²) in [6.45, 7) is 11.4. The number of aliphatic hydroxyl groups excluding tert-OH is 1. The Labute approximate surface area is 144 Å². The number of aldehydes is 1. The Morgan fingerprint density at radius 1 is 1.29 bits per heavy atom. The molecule has 3 rings (SSSR count). The highest BCUT2D eigenvalue weighted by Gasteiger charge is 2.55. The Morgan fingerprint density at radius 2 is 2.04 bits per heavy atom. The minimum absolute atomic E-state index is 0.0743. The average Bonchev–Trinajstić information content (AvgIpc) is 2.67. The second kappa shape index (κ2) is 6.40. The zero-order valence-electron chi connectivity index (χ0n) is 15.1. The fourth-order valence-corrected chi connectivity index (χ4v) is 5.73. The van der Waals surface area contributed by atoms with Crippen molar-refractivity contribution in [1.82, 2.24) is 0 Å². The molecular formula is C20H30O4. The molecule has 0 saturated heterocycles. The molecule has 24 heavy (non-hydrogen) atoms. The number of hydrogen-bond donors (Lipinski definition) is 1. The van der Waals surface area contributed by atoms with Crippen molar-refractivity contribution in [1.29, 1.82) is 0 Å². The number of aliphatic hydroxyl groups is 1. The van der Waals surface area contributed by atoms with E-state index >= 15 is 0 Å². The van der Waals surface area contributed by atoms with Crippen LogP contribution in [0.15, 0.2) is 23.8 Å². The maximum Gasteiger partial charge on any atom is 0.192 e. The van der Waals surface area contributed by atoms with Crippen molar-refractivity contribution in [3.05, 3.63) is 23.8 Å². The maximum atomic E-state index is 11.3. The van der Waals surface area contributed by atoms with Gasteiger partial charge >= 0.3 is 0 Å². The third-order valence-corrected chi connectivity index (χ3v) is 6.73. The Morgan fingerprint density at radius 3 is 2.75 bits per heavy atom. The number of rotatable bonds is 2. The van der Waals surface area contributed by atoms with E-state index in [0.29, 0.717) is 16.9 Å². The minimum atomic E-state index is -1.09. The molecule has 4 nitrogen and oxygen atoms in total. The van der Waals surface area contributed by atoms with E-state index in [1.807, 2.05) is 6.08 Å². The first kappa shape index (κ1) is 17.8. The number of carbonyl (C=O) groups is 1. The first-order chi connectivity index (χ1) is 11.3. The van der Waals surface area contributed by atoms with E-state index < -0.39 is 6.29 Å². The predicted molar refractivity (Wildman–Crippen MR) is 91.8 cm³/mol. The third-order valence-electron chi connectivity index (χ3n) is 6.73. The van der Waals surface area contributed by atoms with Crippen LogP contribution in [0.5, 0.6) is 0 Å². The van der Waals surface area contributed by atoms with Crippen molar-refractivity contribution in [2.24, 2.45) is 22.7 Å². The molecule has 0 aromatic heterocycles. The van der Waals surface area contributed by atoms with Crippen LogP contribution in [-0.4, -0.2) is 23.8 Å². The van der Waals surface area contributed by atoms with Crippen LogP contribution in [0.1, 0.15) is 59.3 Å². The van der Waals surface area contributed by atoms with Gasteiger partial charge in [0.25, 0.3) is 0 Å². The summed E-state index contributed by atoms with van der Waals surface area (Å²) in [7, 11) is 0. The number of carbonyl (C=O) groups excluding carboxylic acids is 1. The van der Waals surface area contributed by atoms with Crippen LogP contribution in [0.2, 0.25) is 0 Å². The standard InChI is InChI=1S/C20H30O4/c1-13-6-7-16-19(2,3)8-5-9-20(16,4)18(13)15-10-14(12-21)11-17(22)24-23-15/h10,12,15-18,22H,1,5-9,11H2,2-4H3/t15?,16-,17?,18+,20+/m1/s1. The quantitative estimate of drug-likeness (QED) is 0.472. The fraction of sp³-hybridized carbons (Fsp3) is 0.750. The molecule has 0 amide bonds. The Bertz CT molecular complexity index is 550. The molecule has 2 aliphatic carbocycles. The van der Waals surface area contributed by atoms with E-state index in [1.165, 1.54) is 24.8 Å². The Kier molecular flexibility index (Phi) is 4.75. The van der Waals surface area contributed by atoms with Crippen molar-refractivity contribution in [3.8, 4) is 0 Å². The summed E-state index contributed by atoms with van der Waals surface area (Å²) in [6.07, 6.45) is 7.10. The first-order valence-corrected chi connectivity index (χ1v) is 9.11. The van der Waals surface area contributed by atoms with Crippen LogP contribution in [0.25, 0.3) is 0 Å². The van der Waals surface area contributed by atoms with Crippen LogP contribution < -0.4 is 0 Å². The largest absolute Gasteiger partial charge is 0.365 e. The summed E-state index contributed by atoms with van der Waals surface area (Å²) in [5.74, 6) is 0.704. The van der Waals surface area contributed by atoms with Gasteiger partial charge in [0.1, 0.15) is 12.4 Å². The van der Waals surface area contributed by atoms with Gasteiger partial charge in [-0.2, -0.15) is 0 Å². The van der Waals surface area contributed by atoms with Gasteiger partial charge < -0.3 is 5.11 Å². The normalized spacial score (nSPS) is 42.7. The first-order valence-electron chi connectivity index (χ1n) is 9.11. The predicted octanol–water partition coefficient (Wildman–Crippen LogP) is 3.95. The lowest BCUT2D eigenvalue weighted by Gasteiger charge is -2.58. The highest BCUT2D eigenvalue weighted by molar-refractivity contribution is 5.73. The molecule has 5 atom stereocenters. The summed E-state index contributed by atoms with van der Waals surface area (Å²) < 4.78 is 0. The van der Waals surface area contributed by atoms with E-state index in [-0.39, 0.29) is 23.9 Å². The van der Waals surface area contributed by atoms with Crippen molar-refractivity contribution in [2.45, 2.75) is 71.7 Å².